The largest absolute Gasteiger partial charge is 0.507 e. The van der Waals surface area contributed by atoms with Gasteiger partial charge in [0.25, 0.3) is 5.92 Å². The van der Waals surface area contributed by atoms with E-state index in [4.69, 9.17) is 0 Å². The standard InChI is InChI=1S/C18H18F5N5O/c1-9-15(11-3-2-10(6-14(11)29)18(21,22)23)26-27-16(25-9)28-8-17(19,20)12-4-5-24-7-13(12)28/h2-3,6,12-13,24,29H,4-5,7-8H2,1H3. The van der Waals surface area contributed by atoms with Crippen molar-refractivity contribution < 1.29 is 27.1 Å². The second-order valence-electron chi connectivity index (χ2n) is 7.33. The zero-order valence-electron chi connectivity index (χ0n) is 15.3. The van der Waals surface area contributed by atoms with Crippen molar-refractivity contribution in [2.24, 2.45) is 5.92 Å². The molecule has 29 heavy (non-hydrogen) atoms. The molecule has 1 aromatic heterocycles. The van der Waals surface area contributed by atoms with Crippen LogP contribution in [0.1, 0.15) is 17.7 Å². The van der Waals surface area contributed by atoms with Gasteiger partial charge in [0, 0.05) is 18.0 Å². The van der Waals surface area contributed by atoms with Gasteiger partial charge < -0.3 is 15.3 Å². The first-order chi connectivity index (χ1) is 13.6. The summed E-state index contributed by atoms with van der Waals surface area (Å²) in [5.41, 5.74) is -0.611. The fraction of sp³-hybridized carbons (Fsp3) is 0.500. The van der Waals surface area contributed by atoms with Crippen LogP contribution in [0, 0.1) is 12.8 Å². The zero-order chi connectivity index (χ0) is 21.0. The molecule has 0 radical (unpaired) electrons. The van der Waals surface area contributed by atoms with Gasteiger partial charge in [-0.05, 0) is 38.1 Å². The first-order valence-corrected chi connectivity index (χ1v) is 9.05. The summed E-state index contributed by atoms with van der Waals surface area (Å²) in [4.78, 5) is 5.68. The molecule has 0 aliphatic carbocycles. The van der Waals surface area contributed by atoms with E-state index in [9.17, 15) is 27.1 Å². The molecule has 2 saturated heterocycles. The van der Waals surface area contributed by atoms with Gasteiger partial charge in [-0.2, -0.15) is 13.2 Å². The molecular weight excluding hydrogens is 397 g/mol. The van der Waals surface area contributed by atoms with E-state index in [1.54, 1.807) is 0 Å². The maximum absolute atomic E-state index is 14.4. The molecule has 0 saturated carbocycles. The van der Waals surface area contributed by atoms with Crippen LogP contribution < -0.4 is 10.2 Å². The molecule has 11 heteroatoms. The molecule has 2 aromatic rings. The van der Waals surface area contributed by atoms with E-state index in [2.05, 4.69) is 20.5 Å². The number of nitrogens with one attached hydrogen (secondary N) is 1. The van der Waals surface area contributed by atoms with Crippen molar-refractivity contribution in [1.29, 1.82) is 0 Å². The van der Waals surface area contributed by atoms with Crippen molar-refractivity contribution in [1.82, 2.24) is 20.5 Å². The van der Waals surface area contributed by atoms with Crippen LogP contribution in [0.5, 0.6) is 5.75 Å². The minimum absolute atomic E-state index is 0.0333. The fourth-order valence-electron chi connectivity index (χ4n) is 4.01. The van der Waals surface area contributed by atoms with Crippen LogP contribution in [0.4, 0.5) is 27.9 Å². The molecule has 2 fully saturated rings. The topological polar surface area (TPSA) is 74.2 Å². The summed E-state index contributed by atoms with van der Waals surface area (Å²) in [5.74, 6) is -4.25. The predicted molar refractivity (Wildman–Crippen MR) is 93.7 cm³/mol. The number of benzene rings is 1. The molecule has 2 aliphatic heterocycles. The number of aryl methyl sites for hydroxylation is 1. The number of phenolic OH excluding ortho intramolecular Hbond substituents is 1. The van der Waals surface area contributed by atoms with Gasteiger partial charge in [-0.15, -0.1) is 10.2 Å². The summed E-state index contributed by atoms with van der Waals surface area (Å²) >= 11 is 0. The first-order valence-electron chi connectivity index (χ1n) is 9.05. The minimum Gasteiger partial charge on any atom is -0.507 e. The lowest BCUT2D eigenvalue weighted by Crippen LogP contribution is -2.47. The van der Waals surface area contributed by atoms with Crippen molar-refractivity contribution in [3.63, 3.8) is 0 Å². The maximum Gasteiger partial charge on any atom is 0.416 e. The highest BCUT2D eigenvalue weighted by Gasteiger charge is 2.55. The number of aromatic nitrogens is 3. The number of piperidine rings is 1. The second-order valence-corrected chi connectivity index (χ2v) is 7.33. The Kier molecular flexibility index (Phi) is 4.60. The van der Waals surface area contributed by atoms with Crippen molar-refractivity contribution in [3.8, 4) is 17.0 Å². The molecular formula is C18H18F5N5O. The number of hydrogen-bond acceptors (Lipinski definition) is 6. The van der Waals surface area contributed by atoms with Gasteiger partial charge in [-0.25, -0.2) is 13.8 Å². The van der Waals surface area contributed by atoms with E-state index in [1.807, 2.05) is 0 Å². The van der Waals surface area contributed by atoms with E-state index < -0.39 is 41.9 Å². The number of alkyl halides is 5. The average molecular weight is 415 g/mol. The number of rotatable bonds is 2. The molecule has 2 aliphatic rings. The zero-order valence-corrected chi connectivity index (χ0v) is 15.3. The van der Waals surface area contributed by atoms with E-state index in [-0.39, 0.29) is 22.9 Å². The van der Waals surface area contributed by atoms with Gasteiger partial charge in [0.05, 0.1) is 23.8 Å². The normalized spacial score (nSPS) is 23.9. The Balaban J connectivity index is 1.66. The van der Waals surface area contributed by atoms with Crippen LogP contribution >= 0.6 is 0 Å². The van der Waals surface area contributed by atoms with Crippen LogP contribution in [-0.4, -0.2) is 51.9 Å². The first kappa shape index (κ1) is 19.7. The number of aromatic hydroxyl groups is 1. The number of fused-ring (bicyclic) bond motifs is 1. The lowest BCUT2D eigenvalue weighted by Gasteiger charge is -2.31. The van der Waals surface area contributed by atoms with Crippen molar-refractivity contribution >= 4 is 5.95 Å². The summed E-state index contributed by atoms with van der Waals surface area (Å²) < 4.78 is 67.1. The smallest absolute Gasteiger partial charge is 0.416 e. The molecule has 0 amide bonds. The average Bonchev–Trinajstić information content (AvgIpc) is 2.93. The quantitative estimate of drug-likeness (QED) is 0.735. The Hall–Kier alpha value is -2.56. The number of nitrogens with zero attached hydrogens (tertiary/aromatic N) is 4. The lowest BCUT2D eigenvalue weighted by molar-refractivity contribution is -0.137. The van der Waals surface area contributed by atoms with Gasteiger partial charge in [0.2, 0.25) is 5.95 Å². The van der Waals surface area contributed by atoms with E-state index in [0.29, 0.717) is 25.6 Å². The van der Waals surface area contributed by atoms with E-state index in [1.165, 1.54) is 11.8 Å². The monoisotopic (exact) mass is 415 g/mol. The Bertz CT molecular complexity index is 935. The molecule has 3 heterocycles. The maximum atomic E-state index is 14.4. The van der Waals surface area contributed by atoms with Crippen LogP contribution in [0.2, 0.25) is 0 Å². The van der Waals surface area contributed by atoms with Crippen LogP contribution in [0.25, 0.3) is 11.3 Å². The predicted octanol–water partition coefficient (Wildman–Crippen LogP) is 3.00. The lowest BCUT2D eigenvalue weighted by atomic mass is 9.91. The molecule has 4 rings (SSSR count). The fourth-order valence-corrected chi connectivity index (χ4v) is 4.01. The molecule has 0 bridgehead atoms. The van der Waals surface area contributed by atoms with Crippen LogP contribution in [0.15, 0.2) is 18.2 Å². The van der Waals surface area contributed by atoms with Crippen molar-refractivity contribution in [2.45, 2.75) is 31.5 Å². The van der Waals surface area contributed by atoms with Crippen LogP contribution in [-0.2, 0) is 6.18 Å². The molecule has 1 aromatic carbocycles. The summed E-state index contributed by atoms with van der Waals surface area (Å²) in [5, 5.41) is 21.0. The summed E-state index contributed by atoms with van der Waals surface area (Å²) in [6.07, 6.45) is -4.25. The number of phenols is 1. The third-order valence-corrected chi connectivity index (χ3v) is 5.46. The summed E-state index contributed by atoms with van der Waals surface area (Å²) in [6, 6.07) is 2.04. The van der Waals surface area contributed by atoms with Gasteiger partial charge in [-0.3, -0.25) is 0 Å². The number of halogens is 5. The Morgan fingerprint density at radius 3 is 2.66 bits per heavy atom. The Morgan fingerprint density at radius 2 is 2.00 bits per heavy atom. The second kappa shape index (κ2) is 6.75. The number of anilines is 1. The van der Waals surface area contributed by atoms with E-state index >= 15 is 0 Å². The highest BCUT2D eigenvalue weighted by atomic mass is 19.4. The summed E-state index contributed by atoms with van der Waals surface area (Å²) in [7, 11) is 0. The molecule has 2 unspecified atom stereocenters. The van der Waals surface area contributed by atoms with Crippen molar-refractivity contribution in [3.05, 3.63) is 29.5 Å². The van der Waals surface area contributed by atoms with Gasteiger partial charge in [0.15, 0.2) is 0 Å². The highest BCUT2D eigenvalue weighted by molar-refractivity contribution is 5.69. The van der Waals surface area contributed by atoms with Gasteiger partial charge in [0.1, 0.15) is 11.4 Å². The third-order valence-electron chi connectivity index (χ3n) is 5.46. The van der Waals surface area contributed by atoms with Crippen molar-refractivity contribution in [2.75, 3.05) is 24.5 Å². The SMILES string of the molecule is Cc1nc(N2CC(F)(F)C3CCNCC32)nnc1-c1ccc(C(F)(F)F)cc1O. The van der Waals surface area contributed by atoms with Crippen LogP contribution in [0.3, 0.4) is 0 Å². The highest BCUT2D eigenvalue weighted by Crippen LogP contribution is 2.42. The van der Waals surface area contributed by atoms with E-state index in [0.717, 1.165) is 12.1 Å². The molecule has 0 spiro atoms. The molecule has 2 N–H and O–H groups in total. The molecule has 2 atom stereocenters. The van der Waals surface area contributed by atoms with Gasteiger partial charge in [-0.1, -0.05) is 0 Å². The minimum atomic E-state index is -4.59. The van der Waals surface area contributed by atoms with Gasteiger partial charge >= 0.3 is 6.18 Å². The third kappa shape index (κ3) is 3.47. The summed E-state index contributed by atoms with van der Waals surface area (Å²) in [6.45, 7) is 1.92. The molecule has 6 nitrogen and oxygen atoms in total. The Morgan fingerprint density at radius 1 is 1.24 bits per heavy atom. The molecule has 156 valence electrons. The number of hydrogen-bond donors (Lipinski definition) is 2. The Labute approximate surface area is 162 Å².